The molecule has 126 valence electrons. The van der Waals surface area contributed by atoms with Gasteiger partial charge in [-0.25, -0.2) is 0 Å². The molecule has 5 nitrogen and oxygen atoms in total. The highest BCUT2D eigenvalue weighted by Crippen LogP contribution is 2.20. The van der Waals surface area contributed by atoms with Gasteiger partial charge in [0.1, 0.15) is 12.4 Å². The van der Waals surface area contributed by atoms with Crippen molar-refractivity contribution in [1.82, 2.24) is 0 Å². The monoisotopic (exact) mass is 326 g/mol. The lowest BCUT2D eigenvalue weighted by atomic mass is 10.2. The summed E-state index contributed by atoms with van der Waals surface area (Å²) in [5.41, 5.74) is 2.39. The summed E-state index contributed by atoms with van der Waals surface area (Å²) in [7, 11) is 0. The maximum Gasteiger partial charge on any atom is 0.226 e. The van der Waals surface area contributed by atoms with Crippen molar-refractivity contribution >= 4 is 23.2 Å². The first-order chi connectivity index (χ1) is 11.4. The van der Waals surface area contributed by atoms with Crippen LogP contribution < -0.4 is 15.4 Å². The molecule has 24 heavy (non-hydrogen) atoms. The van der Waals surface area contributed by atoms with Gasteiger partial charge in [-0.05, 0) is 29.8 Å². The topological polar surface area (TPSA) is 67.4 Å². The van der Waals surface area contributed by atoms with E-state index in [1.165, 1.54) is 6.92 Å². The first-order valence-electron chi connectivity index (χ1n) is 7.84. The van der Waals surface area contributed by atoms with Crippen LogP contribution in [0.1, 0.15) is 26.3 Å². The van der Waals surface area contributed by atoms with E-state index < -0.39 is 0 Å². The van der Waals surface area contributed by atoms with E-state index in [1.54, 1.807) is 6.07 Å². The van der Waals surface area contributed by atoms with Crippen LogP contribution in [0.3, 0.4) is 0 Å². The number of benzene rings is 2. The number of carbonyl (C=O) groups is 2. The Bertz CT molecular complexity index is 726. The quantitative estimate of drug-likeness (QED) is 0.848. The molecule has 0 heterocycles. The first-order valence-corrected chi connectivity index (χ1v) is 7.84. The summed E-state index contributed by atoms with van der Waals surface area (Å²) in [5, 5.41) is 5.59. The third-order valence-corrected chi connectivity index (χ3v) is 3.28. The van der Waals surface area contributed by atoms with Crippen LogP contribution >= 0.6 is 0 Å². The van der Waals surface area contributed by atoms with E-state index in [4.69, 9.17) is 4.74 Å². The number of hydrogen-bond donors (Lipinski definition) is 2. The van der Waals surface area contributed by atoms with E-state index in [9.17, 15) is 9.59 Å². The molecule has 0 aliphatic heterocycles. The van der Waals surface area contributed by atoms with Gasteiger partial charge in [0.2, 0.25) is 11.8 Å². The van der Waals surface area contributed by atoms with Crippen molar-refractivity contribution in [3.05, 3.63) is 54.1 Å². The van der Waals surface area contributed by atoms with Crippen LogP contribution in [-0.2, 0) is 16.2 Å². The van der Waals surface area contributed by atoms with Crippen molar-refractivity contribution in [2.24, 2.45) is 5.92 Å². The van der Waals surface area contributed by atoms with Crippen molar-refractivity contribution in [3.8, 4) is 5.75 Å². The van der Waals surface area contributed by atoms with Gasteiger partial charge < -0.3 is 15.4 Å². The summed E-state index contributed by atoms with van der Waals surface area (Å²) in [6.07, 6.45) is 0. The van der Waals surface area contributed by atoms with Crippen molar-refractivity contribution in [3.63, 3.8) is 0 Å². The molecule has 0 radical (unpaired) electrons. The Morgan fingerprint density at radius 1 is 1.00 bits per heavy atom. The molecule has 2 aromatic carbocycles. The first kappa shape index (κ1) is 17.5. The summed E-state index contributed by atoms with van der Waals surface area (Å²) < 4.78 is 5.77. The van der Waals surface area contributed by atoms with E-state index in [0.29, 0.717) is 18.0 Å². The molecule has 0 aromatic heterocycles. The lowest BCUT2D eigenvalue weighted by Crippen LogP contribution is -2.17. The molecule has 2 N–H and O–H groups in total. The molecule has 0 aliphatic rings. The summed E-state index contributed by atoms with van der Waals surface area (Å²) in [6, 6.07) is 14.8. The zero-order valence-electron chi connectivity index (χ0n) is 14.1. The minimum absolute atomic E-state index is 0.0323. The molecule has 2 aromatic rings. The lowest BCUT2D eigenvalue weighted by molar-refractivity contribution is -0.119. The summed E-state index contributed by atoms with van der Waals surface area (Å²) in [6.45, 7) is 5.53. The Morgan fingerprint density at radius 2 is 1.67 bits per heavy atom. The van der Waals surface area contributed by atoms with Crippen LogP contribution in [0.15, 0.2) is 48.5 Å². The van der Waals surface area contributed by atoms with Gasteiger partial charge in [0, 0.05) is 30.3 Å². The number of rotatable bonds is 6. The normalized spacial score (nSPS) is 10.3. The second kappa shape index (κ2) is 8.15. The van der Waals surface area contributed by atoms with Gasteiger partial charge in [0.15, 0.2) is 0 Å². The van der Waals surface area contributed by atoms with E-state index in [0.717, 1.165) is 11.3 Å². The summed E-state index contributed by atoms with van der Waals surface area (Å²) in [4.78, 5) is 22.8. The van der Waals surface area contributed by atoms with E-state index in [-0.39, 0.29) is 17.7 Å². The fourth-order valence-corrected chi connectivity index (χ4v) is 2.06. The largest absolute Gasteiger partial charge is 0.489 e. The Hall–Kier alpha value is -2.82. The minimum atomic E-state index is -0.110. The molecule has 0 atom stereocenters. The summed E-state index contributed by atoms with van der Waals surface area (Å²) >= 11 is 0. The number of hydrogen-bond acceptors (Lipinski definition) is 3. The van der Waals surface area contributed by atoms with Crippen molar-refractivity contribution in [2.75, 3.05) is 10.6 Å². The number of ether oxygens (including phenoxy) is 1. The average molecular weight is 326 g/mol. The molecule has 0 saturated heterocycles. The molecule has 2 amide bonds. The van der Waals surface area contributed by atoms with Crippen LogP contribution in [-0.4, -0.2) is 11.8 Å². The maximum absolute atomic E-state index is 11.7. The van der Waals surface area contributed by atoms with Crippen LogP contribution in [0.4, 0.5) is 11.4 Å². The number of carbonyl (C=O) groups excluding carboxylic acids is 2. The van der Waals surface area contributed by atoms with Gasteiger partial charge in [-0.2, -0.15) is 0 Å². The second-order valence-corrected chi connectivity index (χ2v) is 5.84. The molecular weight excluding hydrogens is 304 g/mol. The third-order valence-electron chi connectivity index (χ3n) is 3.28. The van der Waals surface area contributed by atoms with Gasteiger partial charge in [-0.15, -0.1) is 0 Å². The fraction of sp³-hybridized carbons (Fsp3) is 0.263. The highest BCUT2D eigenvalue weighted by Gasteiger charge is 2.07. The molecular formula is C19H22N2O3. The van der Waals surface area contributed by atoms with Gasteiger partial charge in [0.05, 0.1) is 0 Å². The fourth-order valence-electron chi connectivity index (χ4n) is 2.06. The highest BCUT2D eigenvalue weighted by molar-refractivity contribution is 5.92. The number of nitrogens with one attached hydrogen (secondary N) is 2. The van der Waals surface area contributed by atoms with Crippen LogP contribution in [0.5, 0.6) is 5.75 Å². The van der Waals surface area contributed by atoms with Crippen molar-refractivity contribution < 1.29 is 14.3 Å². The molecule has 0 aliphatic carbocycles. The number of amides is 2. The van der Waals surface area contributed by atoms with Crippen LogP contribution in [0, 0.1) is 5.92 Å². The van der Waals surface area contributed by atoms with Crippen molar-refractivity contribution in [2.45, 2.75) is 27.4 Å². The van der Waals surface area contributed by atoms with E-state index >= 15 is 0 Å². The SMILES string of the molecule is CC(=O)Nc1cccc(COc2cccc(NC(=O)C(C)C)c2)c1. The van der Waals surface area contributed by atoms with Gasteiger partial charge in [0.25, 0.3) is 0 Å². The van der Waals surface area contributed by atoms with Crippen LogP contribution in [0.2, 0.25) is 0 Å². The molecule has 0 saturated carbocycles. The smallest absolute Gasteiger partial charge is 0.226 e. The Kier molecular flexibility index (Phi) is 5.95. The van der Waals surface area contributed by atoms with Gasteiger partial charge in [-0.1, -0.05) is 32.0 Å². The second-order valence-electron chi connectivity index (χ2n) is 5.84. The standard InChI is InChI=1S/C19H22N2O3/c1-13(2)19(23)21-17-8-5-9-18(11-17)24-12-15-6-4-7-16(10-15)20-14(3)22/h4-11,13H,12H2,1-3H3,(H,20,22)(H,21,23). The third kappa shape index (κ3) is 5.43. The maximum atomic E-state index is 11.7. The highest BCUT2D eigenvalue weighted by atomic mass is 16.5. The predicted molar refractivity (Wildman–Crippen MR) is 95.0 cm³/mol. The summed E-state index contributed by atoms with van der Waals surface area (Å²) in [5.74, 6) is 0.449. The predicted octanol–water partition coefficient (Wildman–Crippen LogP) is 3.82. The van der Waals surface area contributed by atoms with Crippen molar-refractivity contribution in [1.29, 1.82) is 0 Å². The molecule has 0 spiro atoms. The zero-order chi connectivity index (χ0) is 17.5. The van der Waals surface area contributed by atoms with Gasteiger partial charge in [-0.3, -0.25) is 9.59 Å². The average Bonchev–Trinajstić information content (AvgIpc) is 2.53. The molecule has 5 heteroatoms. The van der Waals surface area contributed by atoms with E-state index in [2.05, 4.69) is 10.6 Å². The Morgan fingerprint density at radius 3 is 2.33 bits per heavy atom. The lowest BCUT2D eigenvalue weighted by Gasteiger charge is -2.11. The minimum Gasteiger partial charge on any atom is -0.489 e. The Balaban J connectivity index is 1.99. The van der Waals surface area contributed by atoms with Gasteiger partial charge >= 0.3 is 0 Å². The molecule has 0 bridgehead atoms. The van der Waals surface area contributed by atoms with E-state index in [1.807, 2.05) is 56.3 Å². The molecule has 2 rings (SSSR count). The molecule has 0 fully saturated rings. The number of anilines is 2. The Labute approximate surface area is 142 Å². The van der Waals surface area contributed by atoms with Crippen LogP contribution in [0.25, 0.3) is 0 Å². The zero-order valence-corrected chi connectivity index (χ0v) is 14.1. The molecule has 0 unspecified atom stereocenters.